The standard InChI is InChI=1S/C22H18N4O5S/c1-4-31-22(30)17-19(32-25-24-17)23-18(27)13-7-8-14-15(10-13)21(29)26(20(14)28)16-9-11(2)5-6-12(16)3/h5-10H,4H2,1-3H3,(H,23,27). The highest BCUT2D eigenvalue weighted by Crippen LogP contribution is 2.32. The molecule has 0 saturated carbocycles. The number of aryl methyl sites for hydroxylation is 2. The second-order valence-electron chi connectivity index (χ2n) is 7.12. The van der Waals surface area contributed by atoms with Crippen molar-refractivity contribution >= 4 is 45.9 Å². The van der Waals surface area contributed by atoms with Crippen LogP contribution in [0.4, 0.5) is 10.7 Å². The predicted octanol–water partition coefficient (Wildman–Crippen LogP) is 3.38. The fourth-order valence-corrected chi connectivity index (χ4v) is 3.90. The molecule has 0 saturated heterocycles. The highest BCUT2D eigenvalue weighted by molar-refractivity contribution is 7.10. The summed E-state index contributed by atoms with van der Waals surface area (Å²) in [5, 5.41) is 6.39. The molecule has 162 valence electrons. The van der Waals surface area contributed by atoms with Crippen molar-refractivity contribution in [2.45, 2.75) is 20.8 Å². The van der Waals surface area contributed by atoms with Crippen LogP contribution in [0.3, 0.4) is 0 Å². The summed E-state index contributed by atoms with van der Waals surface area (Å²) in [4.78, 5) is 51.8. The van der Waals surface area contributed by atoms with Crippen LogP contribution in [-0.4, -0.2) is 39.9 Å². The SMILES string of the molecule is CCOC(=O)c1nnsc1NC(=O)c1ccc2c(c1)C(=O)N(c1cc(C)ccc1C)C2=O. The van der Waals surface area contributed by atoms with E-state index in [-0.39, 0.29) is 34.0 Å². The van der Waals surface area contributed by atoms with Crippen LogP contribution in [-0.2, 0) is 4.74 Å². The second kappa shape index (κ2) is 8.31. The van der Waals surface area contributed by atoms with Crippen molar-refractivity contribution in [2.24, 2.45) is 0 Å². The molecule has 0 unspecified atom stereocenters. The molecule has 10 heteroatoms. The van der Waals surface area contributed by atoms with Gasteiger partial charge in [0.15, 0.2) is 5.00 Å². The van der Waals surface area contributed by atoms with E-state index in [4.69, 9.17) is 4.74 Å². The summed E-state index contributed by atoms with van der Waals surface area (Å²) in [5.74, 6) is -2.22. The van der Waals surface area contributed by atoms with Crippen molar-refractivity contribution in [3.63, 3.8) is 0 Å². The first kappa shape index (κ1) is 21.3. The van der Waals surface area contributed by atoms with Gasteiger partial charge in [0, 0.05) is 17.1 Å². The Morgan fingerprint density at radius 3 is 2.56 bits per heavy atom. The molecule has 1 aliphatic heterocycles. The molecule has 0 fully saturated rings. The Hall–Kier alpha value is -3.92. The minimum Gasteiger partial charge on any atom is -0.461 e. The summed E-state index contributed by atoms with van der Waals surface area (Å²) < 4.78 is 8.58. The zero-order valence-electron chi connectivity index (χ0n) is 17.5. The van der Waals surface area contributed by atoms with E-state index in [1.54, 1.807) is 13.0 Å². The molecule has 1 N–H and O–H groups in total. The van der Waals surface area contributed by atoms with Gasteiger partial charge in [-0.1, -0.05) is 16.6 Å². The number of anilines is 2. The minimum absolute atomic E-state index is 0.0984. The Kier molecular flexibility index (Phi) is 5.54. The van der Waals surface area contributed by atoms with Gasteiger partial charge in [0.05, 0.1) is 23.4 Å². The number of hydrogen-bond donors (Lipinski definition) is 1. The molecule has 3 aromatic rings. The third-order valence-corrected chi connectivity index (χ3v) is 5.58. The average molecular weight is 450 g/mol. The number of imide groups is 1. The number of fused-ring (bicyclic) bond motifs is 1. The Morgan fingerprint density at radius 2 is 1.81 bits per heavy atom. The fourth-order valence-electron chi connectivity index (χ4n) is 3.34. The number of carbonyl (C=O) groups excluding carboxylic acids is 4. The van der Waals surface area contributed by atoms with Crippen LogP contribution in [0.15, 0.2) is 36.4 Å². The zero-order chi connectivity index (χ0) is 23.0. The molecule has 0 spiro atoms. The third kappa shape index (κ3) is 3.65. The van der Waals surface area contributed by atoms with E-state index in [9.17, 15) is 19.2 Å². The van der Waals surface area contributed by atoms with Gasteiger partial charge in [-0.2, -0.15) is 0 Å². The molecule has 2 heterocycles. The van der Waals surface area contributed by atoms with Crippen LogP contribution < -0.4 is 10.2 Å². The topological polar surface area (TPSA) is 119 Å². The number of benzene rings is 2. The normalized spacial score (nSPS) is 12.7. The zero-order valence-corrected chi connectivity index (χ0v) is 18.3. The molecule has 0 radical (unpaired) electrons. The van der Waals surface area contributed by atoms with Crippen LogP contribution >= 0.6 is 11.5 Å². The molecule has 4 rings (SSSR count). The van der Waals surface area contributed by atoms with Crippen molar-refractivity contribution < 1.29 is 23.9 Å². The number of hydrogen-bond acceptors (Lipinski definition) is 8. The van der Waals surface area contributed by atoms with E-state index in [0.29, 0.717) is 5.69 Å². The molecule has 2 aromatic carbocycles. The van der Waals surface area contributed by atoms with Crippen molar-refractivity contribution in [1.82, 2.24) is 9.59 Å². The first-order chi connectivity index (χ1) is 15.3. The van der Waals surface area contributed by atoms with E-state index in [1.165, 1.54) is 18.2 Å². The van der Waals surface area contributed by atoms with Crippen LogP contribution in [0.1, 0.15) is 59.6 Å². The molecule has 1 aliphatic rings. The molecule has 0 atom stereocenters. The molecule has 0 aliphatic carbocycles. The van der Waals surface area contributed by atoms with E-state index in [0.717, 1.165) is 27.6 Å². The number of nitrogens with one attached hydrogen (secondary N) is 1. The van der Waals surface area contributed by atoms with Gasteiger partial charge in [0.2, 0.25) is 5.69 Å². The highest BCUT2D eigenvalue weighted by Gasteiger charge is 2.38. The van der Waals surface area contributed by atoms with Gasteiger partial charge in [0.1, 0.15) is 0 Å². The number of amides is 3. The second-order valence-corrected chi connectivity index (χ2v) is 7.88. The molecule has 0 bridgehead atoms. The summed E-state index contributed by atoms with van der Waals surface area (Å²) >= 11 is 0.831. The van der Waals surface area contributed by atoms with Crippen molar-refractivity contribution in [3.8, 4) is 0 Å². The summed E-state index contributed by atoms with van der Waals surface area (Å²) in [7, 11) is 0. The Bertz CT molecular complexity index is 1280. The fraction of sp³-hybridized carbons (Fsp3) is 0.182. The highest BCUT2D eigenvalue weighted by atomic mass is 32.1. The van der Waals surface area contributed by atoms with Gasteiger partial charge in [-0.25, -0.2) is 9.69 Å². The number of rotatable bonds is 5. The van der Waals surface area contributed by atoms with Gasteiger partial charge in [0.25, 0.3) is 17.7 Å². The number of nitrogens with zero attached hydrogens (tertiary/aromatic N) is 3. The maximum Gasteiger partial charge on any atom is 0.362 e. The molecular weight excluding hydrogens is 432 g/mol. The van der Waals surface area contributed by atoms with E-state index >= 15 is 0 Å². The van der Waals surface area contributed by atoms with E-state index in [2.05, 4.69) is 14.9 Å². The lowest BCUT2D eigenvalue weighted by Gasteiger charge is -2.17. The van der Waals surface area contributed by atoms with Crippen molar-refractivity contribution in [1.29, 1.82) is 0 Å². The summed E-state index contributed by atoms with van der Waals surface area (Å²) in [6, 6.07) is 9.79. The van der Waals surface area contributed by atoms with E-state index in [1.807, 2.05) is 26.0 Å². The van der Waals surface area contributed by atoms with E-state index < -0.39 is 23.7 Å². The molecule has 9 nitrogen and oxygen atoms in total. The average Bonchev–Trinajstić information content (AvgIpc) is 3.32. The quantitative estimate of drug-likeness (QED) is 0.467. The third-order valence-electron chi connectivity index (χ3n) is 4.94. The van der Waals surface area contributed by atoms with Crippen molar-refractivity contribution in [3.05, 3.63) is 69.9 Å². The Labute approximate surface area is 187 Å². The number of esters is 1. The van der Waals surface area contributed by atoms with Crippen molar-refractivity contribution in [2.75, 3.05) is 16.8 Å². The monoisotopic (exact) mass is 450 g/mol. The first-order valence-electron chi connectivity index (χ1n) is 9.72. The molecule has 3 amide bonds. The van der Waals surface area contributed by atoms with Crippen LogP contribution in [0.5, 0.6) is 0 Å². The molecule has 32 heavy (non-hydrogen) atoms. The van der Waals surface area contributed by atoms with Crippen LogP contribution in [0.25, 0.3) is 0 Å². The van der Waals surface area contributed by atoms with Gasteiger partial charge in [-0.05, 0) is 56.2 Å². The smallest absolute Gasteiger partial charge is 0.362 e. The van der Waals surface area contributed by atoms with Crippen LogP contribution in [0.2, 0.25) is 0 Å². The number of ether oxygens (including phenoxy) is 1. The number of carbonyl (C=O) groups is 4. The van der Waals surface area contributed by atoms with Gasteiger partial charge in [-0.3, -0.25) is 14.4 Å². The number of aromatic nitrogens is 2. The molecular formula is C22H18N4O5S. The van der Waals surface area contributed by atoms with Crippen LogP contribution in [0, 0.1) is 13.8 Å². The maximum absolute atomic E-state index is 13.1. The maximum atomic E-state index is 13.1. The summed E-state index contributed by atoms with van der Waals surface area (Å²) in [6.45, 7) is 5.51. The predicted molar refractivity (Wildman–Crippen MR) is 117 cm³/mol. The molecule has 1 aromatic heterocycles. The Balaban J connectivity index is 1.62. The Morgan fingerprint density at radius 1 is 1.06 bits per heavy atom. The lowest BCUT2D eigenvalue weighted by molar-refractivity contribution is 0.0520. The lowest BCUT2D eigenvalue weighted by Crippen LogP contribution is -2.30. The minimum atomic E-state index is -0.699. The summed E-state index contributed by atoms with van der Waals surface area (Å²) in [6.07, 6.45) is 0. The first-order valence-corrected chi connectivity index (χ1v) is 10.5. The van der Waals surface area contributed by atoms with Gasteiger partial charge in [-0.15, -0.1) is 5.10 Å². The largest absolute Gasteiger partial charge is 0.461 e. The lowest BCUT2D eigenvalue weighted by atomic mass is 10.1. The van der Waals surface area contributed by atoms with Gasteiger partial charge >= 0.3 is 5.97 Å². The van der Waals surface area contributed by atoms with Gasteiger partial charge < -0.3 is 10.1 Å². The summed E-state index contributed by atoms with van der Waals surface area (Å²) in [5.41, 5.74) is 2.62.